The number of nitrogens with zero attached hydrogens (tertiary/aromatic N) is 4. The van der Waals surface area contributed by atoms with Crippen LogP contribution >= 0.6 is 0 Å². The van der Waals surface area contributed by atoms with E-state index in [2.05, 4.69) is 32.3 Å². The number of hydroxylamine groups is 1. The van der Waals surface area contributed by atoms with Gasteiger partial charge >= 0.3 is 0 Å². The Morgan fingerprint density at radius 2 is 1.97 bits per heavy atom. The molecule has 0 amide bonds. The molecule has 0 spiro atoms. The Kier molecular flexibility index (Phi) is 7.03. The Bertz CT molecular complexity index is 1020. The average Bonchev–Trinajstić information content (AvgIpc) is 3.30. The Morgan fingerprint density at radius 3 is 2.75 bits per heavy atom. The molecule has 0 aliphatic carbocycles. The van der Waals surface area contributed by atoms with Crippen molar-refractivity contribution in [2.75, 3.05) is 51.3 Å². The molecule has 1 atom stereocenters. The Hall–Kier alpha value is -3.36. The molecule has 0 radical (unpaired) electrons. The van der Waals surface area contributed by atoms with E-state index in [1.54, 1.807) is 7.11 Å². The van der Waals surface area contributed by atoms with Gasteiger partial charge in [-0.05, 0) is 31.8 Å². The van der Waals surface area contributed by atoms with E-state index in [1.165, 1.54) is 11.9 Å². The van der Waals surface area contributed by atoms with Crippen molar-refractivity contribution in [1.29, 1.82) is 0 Å². The lowest BCUT2D eigenvalue weighted by Gasteiger charge is -2.24. The smallest absolute Gasteiger partial charge is 0.158 e. The van der Waals surface area contributed by atoms with E-state index in [-0.39, 0.29) is 6.04 Å². The maximum absolute atomic E-state index is 5.90. The van der Waals surface area contributed by atoms with Crippen LogP contribution < -0.4 is 19.9 Å². The van der Waals surface area contributed by atoms with Crippen LogP contribution in [0.1, 0.15) is 18.0 Å². The van der Waals surface area contributed by atoms with E-state index in [9.17, 15) is 0 Å². The third-order valence-electron chi connectivity index (χ3n) is 5.21. The highest BCUT2D eigenvalue weighted by atomic mass is 16.7. The monoisotopic (exact) mass is 435 g/mol. The first kappa shape index (κ1) is 21.9. The van der Waals surface area contributed by atoms with Gasteiger partial charge in [-0.1, -0.05) is 30.3 Å². The Balaban J connectivity index is 1.49. The van der Waals surface area contributed by atoms with Gasteiger partial charge in [-0.3, -0.25) is 4.84 Å². The van der Waals surface area contributed by atoms with E-state index in [1.807, 2.05) is 61.6 Å². The number of methoxy groups -OCH3 is 1. The number of nitrogens with one attached hydrogen (secondary N) is 1. The largest absolute Gasteiger partial charge is 0.494 e. The van der Waals surface area contributed by atoms with E-state index < -0.39 is 0 Å². The van der Waals surface area contributed by atoms with Crippen LogP contribution in [0.25, 0.3) is 0 Å². The lowest BCUT2D eigenvalue weighted by molar-refractivity contribution is 0.157. The van der Waals surface area contributed by atoms with E-state index in [4.69, 9.17) is 14.3 Å². The molecular formula is C24H29N5O3. The molecule has 0 saturated carbocycles. The summed E-state index contributed by atoms with van der Waals surface area (Å²) in [6.07, 6.45) is 2.44. The number of ether oxygens (including phenoxy) is 2. The molecule has 168 valence electrons. The van der Waals surface area contributed by atoms with Gasteiger partial charge in [0.2, 0.25) is 0 Å². The molecule has 2 aromatic carbocycles. The summed E-state index contributed by atoms with van der Waals surface area (Å²) >= 11 is 0. The lowest BCUT2D eigenvalue weighted by Crippen LogP contribution is -2.22. The minimum absolute atomic E-state index is 0.118. The molecule has 2 heterocycles. The first-order chi connectivity index (χ1) is 15.6. The zero-order chi connectivity index (χ0) is 22.3. The molecule has 1 N–H and O–H groups in total. The normalized spacial score (nSPS) is 15.8. The molecule has 0 unspecified atom stereocenters. The van der Waals surface area contributed by atoms with Crippen molar-refractivity contribution in [3.8, 4) is 11.5 Å². The van der Waals surface area contributed by atoms with Crippen molar-refractivity contribution >= 4 is 17.3 Å². The Morgan fingerprint density at radius 1 is 1.12 bits per heavy atom. The number of anilines is 3. The second-order valence-electron chi connectivity index (χ2n) is 7.77. The van der Waals surface area contributed by atoms with E-state index >= 15 is 0 Å². The van der Waals surface area contributed by atoms with Crippen LogP contribution in [0, 0.1) is 0 Å². The second-order valence-corrected chi connectivity index (χ2v) is 7.77. The minimum Gasteiger partial charge on any atom is -0.494 e. The third kappa shape index (κ3) is 5.27. The van der Waals surface area contributed by atoms with Crippen molar-refractivity contribution in [3.63, 3.8) is 0 Å². The van der Waals surface area contributed by atoms with Crippen LogP contribution in [-0.2, 0) is 4.84 Å². The van der Waals surface area contributed by atoms with Gasteiger partial charge in [0.05, 0.1) is 25.4 Å². The van der Waals surface area contributed by atoms with Crippen LogP contribution in [0.4, 0.5) is 17.3 Å². The van der Waals surface area contributed by atoms with Gasteiger partial charge in [0.15, 0.2) is 5.82 Å². The van der Waals surface area contributed by atoms with Crippen LogP contribution in [0.2, 0.25) is 0 Å². The van der Waals surface area contributed by atoms with Crippen molar-refractivity contribution in [2.45, 2.75) is 12.5 Å². The number of aromatic nitrogens is 2. The second kappa shape index (κ2) is 10.3. The van der Waals surface area contributed by atoms with Gasteiger partial charge < -0.3 is 19.7 Å². The number of rotatable bonds is 9. The highest BCUT2D eigenvalue weighted by Gasteiger charge is 2.29. The molecule has 1 saturated heterocycles. The summed E-state index contributed by atoms with van der Waals surface area (Å²) in [4.78, 5) is 16.8. The predicted molar refractivity (Wildman–Crippen MR) is 125 cm³/mol. The first-order valence-electron chi connectivity index (χ1n) is 10.7. The summed E-state index contributed by atoms with van der Waals surface area (Å²) < 4.78 is 11.4. The molecule has 1 aromatic heterocycles. The summed E-state index contributed by atoms with van der Waals surface area (Å²) in [5.41, 5.74) is 1.99. The van der Waals surface area contributed by atoms with Gasteiger partial charge in [-0.15, -0.1) is 0 Å². The predicted octanol–water partition coefficient (Wildman–Crippen LogP) is 4.05. The fourth-order valence-corrected chi connectivity index (χ4v) is 3.56. The number of benzene rings is 2. The summed E-state index contributed by atoms with van der Waals surface area (Å²) in [6, 6.07) is 18.0. The average molecular weight is 436 g/mol. The molecule has 1 fully saturated rings. The SMILES string of the molecule is COc1cc(OCCN(C)C)ccc1Nc1cc(N2OCC[C@@H]2c2ccccc2)ncn1. The zero-order valence-corrected chi connectivity index (χ0v) is 18.7. The van der Waals surface area contributed by atoms with Gasteiger partial charge in [-0.2, -0.15) is 0 Å². The van der Waals surface area contributed by atoms with E-state index in [0.29, 0.717) is 30.6 Å². The van der Waals surface area contributed by atoms with Crippen molar-refractivity contribution in [3.05, 3.63) is 66.5 Å². The summed E-state index contributed by atoms with van der Waals surface area (Å²) in [5, 5.41) is 5.18. The molecular weight excluding hydrogens is 406 g/mol. The zero-order valence-electron chi connectivity index (χ0n) is 18.7. The summed E-state index contributed by atoms with van der Waals surface area (Å²) in [7, 11) is 5.67. The van der Waals surface area contributed by atoms with Crippen molar-refractivity contribution < 1.29 is 14.3 Å². The minimum atomic E-state index is 0.118. The first-order valence-corrected chi connectivity index (χ1v) is 10.7. The van der Waals surface area contributed by atoms with E-state index in [0.717, 1.165) is 24.4 Å². The number of likely N-dealkylation sites (N-methyl/N-ethyl adjacent to an activating group) is 1. The van der Waals surface area contributed by atoms with Crippen molar-refractivity contribution in [1.82, 2.24) is 14.9 Å². The maximum Gasteiger partial charge on any atom is 0.158 e. The third-order valence-corrected chi connectivity index (χ3v) is 5.21. The van der Waals surface area contributed by atoms with Gasteiger partial charge in [0.1, 0.15) is 30.3 Å². The Labute approximate surface area is 188 Å². The summed E-state index contributed by atoms with van der Waals surface area (Å²) in [5.74, 6) is 2.79. The van der Waals surface area contributed by atoms with Gasteiger partial charge in [-0.25, -0.2) is 15.0 Å². The van der Waals surface area contributed by atoms with Gasteiger partial charge in [0.25, 0.3) is 0 Å². The lowest BCUT2D eigenvalue weighted by atomic mass is 10.0. The molecule has 0 bridgehead atoms. The van der Waals surface area contributed by atoms with Crippen LogP contribution in [0.5, 0.6) is 11.5 Å². The molecule has 3 aromatic rings. The van der Waals surface area contributed by atoms with Crippen LogP contribution in [-0.4, -0.2) is 55.8 Å². The quantitative estimate of drug-likeness (QED) is 0.540. The van der Waals surface area contributed by atoms with Crippen LogP contribution in [0.15, 0.2) is 60.9 Å². The summed E-state index contributed by atoms with van der Waals surface area (Å²) in [6.45, 7) is 2.10. The maximum atomic E-state index is 5.90. The molecule has 1 aliphatic rings. The molecule has 8 heteroatoms. The molecule has 8 nitrogen and oxygen atoms in total. The highest BCUT2D eigenvalue weighted by Crippen LogP contribution is 2.35. The fourth-order valence-electron chi connectivity index (χ4n) is 3.56. The fraction of sp³-hybridized carbons (Fsp3) is 0.333. The number of hydrogen-bond acceptors (Lipinski definition) is 8. The molecule has 32 heavy (non-hydrogen) atoms. The standard InChI is InChI=1S/C24H29N5O3/c1-28(2)12-14-31-19-9-10-20(22(15-19)30-3)27-23-16-24(26-17-25-23)29-21(11-13-32-29)18-7-5-4-6-8-18/h4-10,15-17,21H,11-14H2,1-3H3,(H,25,26,27)/t21-/m1/s1. The highest BCUT2D eigenvalue weighted by molar-refractivity contribution is 5.67. The molecule has 4 rings (SSSR count). The van der Waals surface area contributed by atoms with Crippen molar-refractivity contribution in [2.24, 2.45) is 0 Å². The topological polar surface area (TPSA) is 72.0 Å². The number of hydrogen-bond donors (Lipinski definition) is 1. The van der Waals surface area contributed by atoms with Crippen LogP contribution in [0.3, 0.4) is 0 Å². The molecule has 1 aliphatic heterocycles. The van der Waals surface area contributed by atoms with Gasteiger partial charge in [0, 0.05) is 25.1 Å².